The van der Waals surface area contributed by atoms with Crippen molar-refractivity contribution < 1.29 is 9.53 Å². The molecule has 4 nitrogen and oxygen atoms in total. The summed E-state index contributed by atoms with van der Waals surface area (Å²) in [6.07, 6.45) is 6.97. The van der Waals surface area contributed by atoms with Gasteiger partial charge in [0.05, 0.1) is 5.92 Å². The Morgan fingerprint density at radius 3 is 2.88 bits per heavy atom. The van der Waals surface area contributed by atoms with Gasteiger partial charge in [0.1, 0.15) is 17.3 Å². The number of nitrogens with one attached hydrogen (secondary N) is 1. The fourth-order valence-corrected chi connectivity index (χ4v) is 2.61. The van der Waals surface area contributed by atoms with Crippen LogP contribution < -0.4 is 0 Å². The van der Waals surface area contributed by atoms with Gasteiger partial charge in [0.15, 0.2) is 0 Å². The highest BCUT2D eigenvalue weighted by Gasteiger charge is 2.22. The second-order valence-electron chi connectivity index (χ2n) is 4.26. The van der Waals surface area contributed by atoms with Gasteiger partial charge in [0.25, 0.3) is 0 Å². The summed E-state index contributed by atoms with van der Waals surface area (Å²) in [6.45, 7) is 0.0445. The first-order chi connectivity index (χ1) is 8.27. The molecule has 0 atom stereocenters. The Kier molecular flexibility index (Phi) is 4.25. The summed E-state index contributed by atoms with van der Waals surface area (Å²) in [5, 5.41) is 10.2. The van der Waals surface area contributed by atoms with E-state index in [1.54, 1.807) is 6.20 Å². The van der Waals surface area contributed by atoms with Crippen LogP contribution in [-0.4, -0.2) is 23.3 Å². The quantitative estimate of drug-likeness (QED) is 0.662. The molecule has 1 saturated carbocycles. The Morgan fingerprint density at radius 1 is 1.47 bits per heavy atom. The van der Waals surface area contributed by atoms with E-state index in [0.717, 1.165) is 25.7 Å². The monoisotopic (exact) mass is 252 g/mol. The van der Waals surface area contributed by atoms with Gasteiger partial charge in [-0.25, -0.2) is 4.98 Å². The van der Waals surface area contributed by atoms with Gasteiger partial charge in [-0.3, -0.25) is 10.2 Å². The predicted molar refractivity (Wildman–Crippen MR) is 66.5 cm³/mol. The first-order valence-electron chi connectivity index (χ1n) is 5.91. The molecule has 1 N–H and O–H groups in total. The van der Waals surface area contributed by atoms with Crippen LogP contribution in [0.2, 0.25) is 0 Å². The highest BCUT2D eigenvalue weighted by Crippen LogP contribution is 2.24. The van der Waals surface area contributed by atoms with E-state index in [2.05, 4.69) is 4.98 Å². The Bertz CT molecular complexity index is 383. The van der Waals surface area contributed by atoms with E-state index < -0.39 is 0 Å². The number of rotatable bonds is 4. The molecule has 1 heterocycles. The van der Waals surface area contributed by atoms with Crippen LogP contribution in [0.5, 0.6) is 0 Å². The summed E-state index contributed by atoms with van der Waals surface area (Å²) in [7, 11) is 0. The first kappa shape index (κ1) is 12.2. The minimum atomic E-state index is -0.147. The zero-order chi connectivity index (χ0) is 12.1. The van der Waals surface area contributed by atoms with Gasteiger partial charge in [-0.2, -0.15) is 0 Å². The van der Waals surface area contributed by atoms with Crippen molar-refractivity contribution in [2.24, 2.45) is 5.92 Å². The third-order valence-electron chi connectivity index (χ3n) is 2.99. The van der Waals surface area contributed by atoms with E-state index in [9.17, 15) is 4.79 Å². The van der Waals surface area contributed by atoms with Crippen LogP contribution in [0.15, 0.2) is 11.6 Å². The van der Waals surface area contributed by atoms with Crippen LogP contribution in [0.3, 0.4) is 0 Å². The van der Waals surface area contributed by atoms with Crippen molar-refractivity contribution >= 4 is 23.0 Å². The molecule has 5 heteroatoms. The second kappa shape index (κ2) is 5.91. The Morgan fingerprint density at radius 2 is 2.24 bits per heavy atom. The smallest absolute Gasteiger partial charge is 0.309 e. The number of hydrogen-bond donors (Lipinski definition) is 1. The highest BCUT2D eigenvalue weighted by atomic mass is 32.1. The molecule has 1 aliphatic rings. The number of thiazole rings is 1. The van der Waals surface area contributed by atoms with Gasteiger partial charge < -0.3 is 4.74 Å². The summed E-state index contributed by atoms with van der Waals surface area (Å²) < 4.78 is 5.17. The van der Waals surface area contributed by atoms with E-state index in [-0.39, 0.29) is 24.2 Å². The van der Waals surface area contributed by atoms with Gasteiger partial charge in [0.2, 0.25) is 0 Å². The van der Waals surface area contributed by atoms with Crippen molar-refractivity contribution in [3.8, 4) is 0 Å². The molecule has 0 spiro atoms. The Hall–Kier alpha value is -1.23. The molecule has 2 rings (SSSR count). The number of hydrogen-bond acceptors (Lipinski definition) is 5. The van der Waals surface area contributed by atoms with Crippen LogP contribution in [0.4, 0.5) is 0 Å². The van der Waals surface area contributed by atoms with E-state index in [4.69, 9.17) is 10.1 Å². The number of ether oxygens (including phenoxy) is 1. The summed E-state index contributed by atoms with van der Waals surface area (Å²) in [5.41, 5.74) is 0.282. The summed E-state index contributed by atoms with van der Waals surface area (Å²) in [4.78, 5) is 15.7. The number of nitrogens with zero attached hydrogens (tertiary/aromatic N) is 1. The van der Waals surface area contributed by atoms with Crippen molar-refractivity contribution in [1.29, 1.82) is 5.41 Å². The van der Waals surface area contributed by atoms with E-state index in [1.807, 2.05) is 5.38 Å². The fraction of sp³-hybridized carbons (Fsp3) is 0.583. The zero-order valence-corrected chi connectivity index (χ0v) is 10.5. The number of carbonyl (C=O) groups excluding carboxylic acids is 1. The van der Waals surface area contributed by atoms with Crippen molar-refractivity contribution in [3.05, 3.63) is 16.6 Å². The standard InChI is InChI=1S/C12H16N2O2S/c13-10(11-14-6-7-17-11)8-16-12(15)9-4-2-1-3-5-9/h6-7,9,13H,1-5,8H2. The zero-order valence-electron chi connectivity index (χ0n) is 9.65. The molecule has 92 valence electrons. The lowest BCUT2D eigenvalue weighted by atomic mass is 9.89. The Labute approximate surface area is 105 Å². The van der Waals surface area contributed by atoms with E-state index in [1.165, 1.54) is 17.8 Å². The molecule has 1 aromatic rings. The third-order valence-corrected chi connectivity index (χ3v) is 3.82. The maximum atomic E-state index is 11.7. The SMILES string of the molecule is N=C(COC(=O)C1CCCCC1)c1nccs1. The van der Waals surface area contributed by atoms with Crippen molar-refractivity contribution in [3.63, 3.8) is 0 Å². The largest absolute Gasteiger partial charge is 0.459 e. The lowest BCUT2D eigenvalue weighted by Gasteiger charge is -2.19. The van der Waals surface area contributed by atoms with Gasteiger partial charge in [0, 0.05) is 11.6 Å². The minimum absolute atomic E-state index is 0.0445. The van der Waals surface area contributed by atoms with Crippen LogP contribution in [0, 0.1) is 11.3 Å². The van der Waals surface area contributed by atoms with Crippen LogP contribution in [0.1, 0.15) is 37.1 Å². The average molecular weight is 252 g/mol. The number of carbonyl (C=O) groups is 1. The number of aromatic nitrogens is 1. The molecule has 0 amide bonds. The minimum Gasteiger partial charge on any atom is -0.459 e. The van der Waals surface area contributed by atoms with E-state index >= 15 is 0 Å². The predicted octanol–water partition coefficient (Wildman–Crippen LogP) is 2.63. The van der Waals surface area contributed by atoms with Crippen molar-refractivity contribution in [2.45, 2.75) is 32.1 Å². The molecule has 0 saturated heterocycles. The first-order valence-corrected chi connectivity index (χ1v) is 6.79. The van der Waals surface area contributed by atoms with Crippen LogP contribution >= 0.6 is 11.3 Å². The molecule has 0 unspecified atom stereocenters. The molecule has 0 radical (unpaired) electrons. The molecule has 0 bridgehead atoms. The lowest BCUT2D eigenvalue weighted by molar-refractivity contribution is -0.147. The summed E-state index contributed by atoms with van der Waals surface area (Å²) in [5.74, 6) is -0.0983. The maximum absolute atomic E-state index is 11.7. The summed E-state index contributed by atoms with van der Waals surface area (Å²) in [6, 6.07) is 0. The van der Waals surface area contributed by atoms with Crippen LogP contribution in [-0.2, 0) is 9.53 Å². The van der Waals surface area contributed by atoms with Gasteiger partial charge in [-0.1, -0.05) is 19.3 Å². The topological polar surface area (TPSA) is 63.0 Å². The van der Waals surface area contributed by atoms with Crippen molar-refractivity contribution in [2.75, 3.05) is 6.61 Å². The molecule has 1 fully saturated rings. The van der Waals surface area contributed by atoms with Crippen LogP contribution in [0.25, 0.3) is 0 Å². The maximum Gasteiger partial charge on any atom is 0.309 e. The Balaban J connectivity index is 1.77. The highest BCUT2D eigenvalue weighted by molar-refractivity contribution is 7.11. The molecular formula is C12H16N2O2S. The van der Waals surface area contributed by atoms with Gasteiger partial charge in [-0.15, -0.1) is 11.3 Å². The molecule has 0 aliphatic heterocycles. The molecule has 0 aromatic carbocycles. The molecule has 1 aliphatic carbocycles. The summed E-state index contributed by atoms with van der Waals surface area (Å²) >= 11 is 1.39. The van der Waals surface area contributed by atoms with Crippen molar-refractivity contribution in [1.82, 2.24) is 4.98 Å². The molecule has 17 heavy (non-hydrogen) atoms. The molecule has 1 aromatic heterocycles. The fourth-order valence-electron chi connectivity index (χ4n) is 2.03. The third kappa shape index (κ3) is 3.36. The lowest BCUT2D eigenvalue weighted by Crippen LogP contribution is -2.23. The average Bonchev–Trinajstić information content (AvgIpc) is 2.90. The van der Waals surface area contributed by atoms with Gasteiger partial charge >= 0.3 is 5.97 Å². The second-order valence-corrected chi connectivity index (χ2v) is 5.15. The van der Waals surface area contributed by atoms with E-state index in [0.29, 0.717) is 5.01 Å². The molecular weight excluding hydrogens is 236 g/mol. The normalized spacial score (nSPS) is 16.7. The number of esters is 1. The van der Waals surface area contributed by atoms with Gasteiger partial charge in [-0.05, 0) is 12.8 Å².